The Morgan fingerprint density at radius 3 is 3.17 bits per heavy atom. The lowest BCUT2D eigenvalue weighted by Gasteiger charge is -2.33. The first-order valence-corrected chi connectivity index (χ1v) is 8.28. The summed E-state index contributed by atoms with van der Waals surface area (Å²) in [7, 11) is 0. The van der Waals surface area contributed by atoms with Crippen molar-refractivity contribution in [2.24, 2.45) is 0 Å². The van der Waals surface area contributed by atoms with Crippen molar-refractivity contribution in [3.05, 3.63) is 42.1 Å². The van der Waals surface area contributed by atoms with E-state index in [0.717, 1.165) is 32.5 Å². The Balaban J connectivity index is 1.73. The summed E-state index contributed by atoms with van der Waals surface area (Å²) in [6, 6.07) is 11.4. The number of benzene rings is 1. The number of hydrogen-bond acceptors (Lipinski definition) is 6. The molecule has 1 aliphatic rings. The molecule has 1 atom stereocenters. The number of hydrogen-bond donors (Lipinski definition) is 1. The van der Waals surface area contributed by atoms with Crippen LogP contribution < -0.4 is 15.0 Å². The molecule has 0 aliphatic carbocycles. The maximum Gasteiger partial charge on any atom is 0.228 e. The highest BCUT2D eigenvalue weighted by atomic mass is 16.5. The molecular formula is C18H21N5O. The first-order valence-electron chi connectivity index (χ1n) is 8.28. The van der Waals surface area contributed by atoms with E-state index in [1.165, 1.54) is 0 Å². The quantitative estimate of drug-likeness (QED) is 0.912. The Labute approximate surface area is 142 Å². The molecule has 1 aromatic carbocycles. The van der Waals surface area contributed by atoms with Crippen LogP contribution in [0.25, 0.3) is 0 Å². The summed E-state index contributed by atoms with van der Waals surface area (Å²) in [5, 5.41) is 12.5. The van der Waals surface area contributed by atoms with E-state index in [9.17, 15) is 0 Å². The standard InChI is InChI=1S/C18H21N5O/c1-2-4-15-13-23(10-9-20-15)18-21-8-7-17(22-18)24-16-6-3-5-14(11-16)12-19/h3,5-8,11,15,20H,2,4,9-10,13H2,1H3. The molecule has 1 aliphatic heterocycles. The zero-order valence-electron chi connectivity index (χ0n) is 13.8. The molecule has 1 aromatic heterocycles. The number of rotatable bonds is 5. The van der Waals surface area contributed by atoms with Gasteiger partial charge in [0.15, 0.2) is 0 Å². The third-order valence-electron chi connectivity index (χ3n) is 3.98. The SMILES string of the molecule is CCCC1CN(c2nccc(Oc3cccc(C#N)c3)n2)CCN1. The van der Waals surface area contributed by atoms with Crippen LogP contribution in [0.2, 0.25) is 0 Å². The van der Waals surface area contributed by atoms with E-state index in [1.807, 2.05) is 6.07 Å². The molecule has 2 aromatic rings. The minimum absolute atomic E-state index is 0.476. The summed E-state index contributed by atoms with van der Waals surface area (Å²) in [5.41, 5.74) is 0.561. The van der Waals surface area contributed by atoms with Crippen molar-refractivity contribution in [1.82, 2.24) is 15.3 Å². The van der Waals surface area contributed by atoms with Crippen molar-refractivity contribution in [2.75, 3.05) is 24.5 Å². The highest BCUT2D eigenvalue weighted by Gasteiger charge is 2.20. The van der Waals surface area contributed by atoms with E-state index in [1.54, 1.807) is 30.5 Å². The Kier molecular flexibility index (Phi) is 5.24. The number of nitriles is 1. The number of anilines is 1. The van der Waals surface area contributed by atoms with Crippen molar-refractivity contribution in [2.45, 2.75) is 25.8 Å². The first-order chi connectivity index (χ1) is 11.8. The van der Waals surface area contributed by atoms with E-state index < -0.39 is 0 Å². The fourth-order valence-corrected chi connectivity index (χ4v) is 2.84. The Bertz CT molecular complexity index is 725. The van der Waals surface area contributed by atoms with Crippen LogP contribution in [0, 0.1) is 11.3 Å². The molecule has 3 rings (SSSR count). The van der Waals surface area contributed by atoms with Crippen LogP contribution in [0.3, 0.4) is 0 Å². The van der Waals surface area contributed by atoms with Gasteiger partial charge in [-0.05, 0) is 24.6 Å². The van der Waals surface area contributed by atoms with Crippen molar-refractivity contribution in [3.8, 4) is 17.7 Å². The lowest BCUT2D eigenvalue weighted by molar-refractivity contribution is 0.423. The summed E-state index contributed by atoms with van der Waals surface area (Å²) < 4.78 is 5.78. The molecule has 1 fully saturated rings. The van der Waals surface area contributed by atoms with Gasteiger partial charge in [0.05, 0.1) is 11.6 Å². The second kappa shape index (κ2) is 7.75. The number of ether oxygens (including phenoxy) is 1. The molecule has 1 unspecified atom stereocenters. The monoisotopic (exact) mass is 323 g/mol. The summed E-state index contributed by atoms with van der Waals surface area (Å²) in [5.74, 6) is 1.77. The van der Waals surface area contributed by atoms with E-state index in [4.69, 9.17) is 10.00 Å². The maximum atomic E-state index is 8.97. The topological polar surface area (TPSA) is 74.1 Å². The third kappa shape index (κ3) is 4.00. The normalized spacial score (nSPS) is 17.3. The molecule has 1 N–H and O–H groups in total. The molecule has 0 bridgehead atoms. The van der Waals surface area contributed by atoms with E-state index >= 15 is 0 Å². The van der Waals surface area contributed by atoms with Gasteiger partial charge in [-0.1, -0.05) is 19.4 Å². The number of aromatic nitrogens is 2. The van der Waals surface area contributed by atoms with Crippen LogP contribution in [-0.4, -0.2) is 35.6 Å². The average molecular weight is 323 g/mol. The average Bonchev–Trinajstić information content (AvgIpc) is 2.63. The van der Waals surface area contributed by atoms with Crippen molar-refractivity contribution >= 4 is 5.95 Å². The number of nitrogens with zero attached hydrogens (tertiary/aromatic N) is 4. The summed E-state index contributed by atoms with van der Waals surface area (Å²) in [6.45, 7) is 4.92. The maximum absolute atomic E-state index is 8.97. The zero-order valence-corrected chi connectivity index (χ0v) is 13.8. The number of piperazine rings is 1. The van der Waals surface area contributed by atoms with Crippen LogP contribution in [0.4, 0.5) is 5.95 Å². The summed E-state index contributed by atoms with van der Waals surface area (Å²) in [4.78, 5) is 11.1. The predicted molar refractivity (Wildman–Crippen MR) is 92.2 cm³/mol. The van der Waals surface area contributed by atoms with E-state index in [2.05, 4.69) is 33.2 Å². The Morgan fingerprint density at radius 2 is 2.33 bits per heavy atom. The highest BCUT2D eigenvalue weighted by molar-refractivity contribution is 5.39. The van der Waals surface area contributed by atoms with Crippen molar-refractivity contribution in [1.29, 1.82) is 5.26 Å². The van der Waals surface area contributed by atoms with Crippen LogP contribution in [-0.2, 0) is 0 Å². The van der Waals surface area contributed by atoms with Crippen molar-refractivity contribution in [3.63, 3.8) is 0 Å². The van der Waals surface area contributed by atoms with Crippen molar-refractivity contribution < 1.29 is 4.74 Å². The first kappa shape index (κ1) is 16.2. The van der Waals surface area contributed by atoms with Gasteiger partial charge in [-0.25, -0.2) is 4.98 Å². The lowest BCUT2D eigenvalue weighted by Crippen LogP contribution is -2.51. The molecule has 6 heteroatoms. The molecule has 0 radical (unpaired) electrons. The molecule has 0 amide bonds. The third-order valence-corrected chi connectivity index (χ3v) is 3.98. The molecule has 124 valence electrons. The second-order valence-electron chi connectivity index (χ2n) is 5.82. The molecule has 6 nitrogen and oxygen atoms in total. The van der Waals surface area contributed by atoms with Crippen LogP contribution in [0.5, 0.6) is 11.6 Å². The molecule has 0 spiro atoms. The van der Waals surface area contributed by atoms with Crippen LogP contribution >= 0.6 is 0 Å². The summed E-state index contributed by atoms with van der Waals surface area (Å²) in [6.07, 6.45) is 4.01. The van der Waals surface area contributed by atoms with E-state index in [-0.39, 0.29) is 0 Å². The largest absolute Gasteiger partial charge is 0.439 e. The van der Waals surface area contributed by atoms with Gasteiger partial charge in [0.1, 0.15) is 5.75 Å². The minimum Gasteiger partial charge on any atom is -0.439 e. The molecule has 2 heterocycles. The zero-order chi connectivity index (χ0) is 16.8. The van der Waals surface area contributed by atoms with Crippen LogP contribution in [0.15, 0.2) is 36.5 Å². The molecule has 1 saturated heterocycles. The lowest BCUT2D eigenvalue weighted by atomic mass is 10.1. The predicted octanol–water partition coefficient (Wildman–Crippen LogP) is 2.72. The van der Waals surface area contributed by atoms with E-state index in [0.29, 0.717) is 29.2 Å². The molecule has 24 heavy (non-hydrogen) atoms. The minimum atomic E-state index is 0.476. The Hall–Kier alpha value is -2.65. The summed E-state index contributed by atoms with van der Waals surface area (Å²) >= 11 is 0. The second-order valence-corrected chi connectivity index (χ2v) is 5.82. The van der Waals surface area contributed by atoms with Gasteiger partial charge in [-0.3, -0.25) is 0 Å². The number of nitrogens with one attached hydrogen (secondary N) is 1. The fourth-order valence-electron chi connectivity index (χ4n) is 2.84. The van der Waals surface area contributed by atoms with Crippen LogP contribution in [0.1, 0.15) is 25.3 Å². The van der Waals surface area contributed by atoms with Gasteiger partial charge in [-0.15, -0.1) is 0 Å². The van der Waals surface area contributed by atoms with Gasteiger partial charge in [-0.2, -0.15) is 10.2 Å². The van der Waals surface area contributed by atoms with Gasteiger partial charge < -0.3 is 15.0 Å². The fraction of sp³-hybridized carbons (Fsp3) is 0.389. The van der Waals surface area contributed by atoms with Gasteiger partial charge in [0.2, 0.25) is 11.8 Å². The molecular weight excluding hydrogens is 302 g/mol. The van der Waals surface area contributed by atoms with Gasteiger partial charge in [0, 0.05) is 37.9 Å². The smallest absolute Gasteiger partial charge is 0.228 e. The highest BCUT2D eigenvalue weighted by Crippen LogP contribution is 2.22. The molecule has 0 saturated carbocycles. The van der Waals surface area contributed by atoms with Gasteiger partial charge >= 0.3 is 0 Å². The Morgan fingerprint density at radius 1 is 1.42 bits per heavy atom. The van der Waals surface area contributed by atoms with Gasteiger partial charge in [0.25, 0.3) is 0 Å².